The molecule has 2 atom stereocenters. The fraction of sp³-hybridized carbons (Fsp3) is 0.393. The van der Waals surface area contributed by atoms with Crippen LogP contribution in [0, 0.1) is 17.7 Å². The Morgan fingerprint density at radius 3 is 2.47 bits per heavy atom. The van der Waals surface area contributed by atoms with Gasteiger partial charge < -0.3 is 9.32 Å². The maximum Gasteiger partial charge on any atom is 0.416 e. The molecule has 2 unspecified atom stereocenters. The van der Waals surface area contributed by atoms with Gasteiger partial charge in [-0.2, -0.15) is 13.2 Å². The van der Waals surface area contributed by atoms with E-state index in [1.165, 1.54) is 36.4 Å². The standard InChI is InChI=1S/C28H30F4N2O2/c1-19(2)14-34(27(35)20-8-10-24(29)11-9-20)16-22-15-33(17-25-7-4-12-36-25)18-26(22)21-5-3-6-23(13-21)28(30,31)32/h3-13,19,22,26H,14-18H2,1-2H3. The Morgan fingerprint density at radius 2 is 1.83 bits per heavy atom. The van der Waals surface area contributed by atoms with Crippen LogP contribution in [0.2, 0.25) is 0 Å². The van der Waals surface area contributed by atoms with Crippen molar-refractivity contribution in [2.24, 2.45) is 11.8 Å². The molecular formula is C28H30F4N2O2. The van der Waals surface area contributed by atoms with Gasteiger partial charge in [0.2, 0.25) is 0 Å². The fourth-order valence-electron chi connectivity index (χ4n) is 4.96. The summed E-state index contributed by atoms with van der Waals surface area (Å²) < 4.78 is 59.3. The molecule has 1 amide bonds. The van der Waals surface area contributed by atoms with Gasteiger partial charge in [0.15, 0.2) is 0 Å². The van der Waals surface area contributed by atoms with Gasteiger partial charge in [0.1, 0.15) is 11.6 Å². The molecule has 0 aliphatic carbocycles. The highest BCUT2D eigenvalue weighted by Gasteiger charge is 2.38. The summed E-state index contributed by atoms with van der Waals surface area (Å²) in [6.07, 6.45) is -2.83. The van der Waals surface area contributed by atoms with Gasteiger partial charge in [-0.15, -0.1) is 0 Å². The van der Waals surface area contributed by atoms with E-state index < -0.39 is 17.6 Å². The van der Waals surface area contributed by atoms with Crippen molar-refractivity contribution >= 4 is 5.91 Å². The van der Waals surface area contributed by atoms with E-state index in [0.717, 1.165) is 11.8 Å². The lowest BCUT2D eigenvalue weighted by Crippen LogP contribution is -2.39. The largest absolute Gasteiger partial charge is 0.468 e. The fourth-order valence-corrected chi connectivity index (χ4v) is 4.96. The molecule has 0 bridgehead atoms. The Hall–Kier alpha value is -3.13. The number of benzene rings is 2. The van der Waals surface area contributed by atoms with E-state index in [0.29, 0.717) is 43.9 Å². The van der Waals surface area contributed by atoms with Crippen molar-refractivity contribution in [3.8, 4) is 0 Å². The minimum Gasteiger partial charge on any atom is -0.468 e. The average Bonchev–Trinajstić information content (AvgIpc) is 3.48. The second-order valence-corrected chi connectivity index (χ2v) is 9.87. The van der Waals surface area contributed by atoms with Crippen molar-refractivity contribution < 1.29 is 26.8 Å². The number of amides is 1. The van der Waals surface area contributed by atoms with Gasteiger partial charge in [-0.05, 0) is 59.9 Å². The quantitative estimate of drug-likeness (QED) is 0.332. The summed E-state index contributed by atoms with van der Waals surface area (Å²) >= 11 is 0. The number of hydrogen-bond donors (Lipinski definition) is 0. The summed E-state index contributed by atoms with van der Waals surface area (Å²) in [4.78, 5) is 17.3. The summed E-state index contributed by atoms with van der Waals surface area (Å²) in [5.41, 5.74) is 0.318. The van der Waals surface area contributed by atoms with Crippen molar-refractivity contribution in [3.05, 3.63) is 95.2 Å². The number of alkyl halides is 3. The molecule has 3 aromatic rings. The molecule has 0 spiro atoms. The first-order valence-corrected chi connectivity index (χ1v) is 12.1. The molecule has 1 aliphatic heterocycles. The first-order chi connectivity index (χ1) is 17.1. The van der Waals surface area contributed by atoms with Crippen molar-refractivity contribution in [1.29, 1.82) is 0 Å². The van der Waals surface area contributed by atoms with Crippen LogP contribution in [0.15, 0.2) is 71.3 Å². The molecule has 0 radical (unpaired) electrons. The Morgan fingerprint density at radius 1 is 1.08 bits per heavy atom. The van der Waals surface area contributed by atoms with E-state index in [2.05, 4.69) is 4.90 Å². The normalized spacial score (nSPS) is 18.6. The lowest BCUT2D eigenvalue weighted by Gasteiger charge is -2.30. The molecule has 0 saturated carbocycles. The second kappa shape index (κ2) is 10.9. The Labute approximate surface area is 208 Å². The molecule has 4 nitrogen and oxygen atoms in total. The van der Waals surface area contributed by atoms with E-state index >= 15 is 0 Å². The number of furan rings is 1. The minimum atomic E-state index is -4.43. The lowest BCUT2D eigenvalue weighted by atomic mass is 9.87. The molecule has 0 N–H and O–H groups in total. The number of likely N-dealkylation sites (tertiary alicyclic amines) is 1. The summed E-state index contributed by atoms with van der Waals surface area (Å²) in [5, 5.41) is 0. The molecule has 8 heteroatoms. The van der Waals surface area contributed by atoms with Gasteiger partial charge >= 0.3 is 6.18 Å². The van der Waals surface area contributed by atoms with Crippen LogP contribution in [0.25, 0.3) is 0 Å². The highest BCUT2D eigenvalue weighted by Crippen LogP contribution is 2.37. The van der Waals surface area contributed by atoms with Crippen molar-refractivity contribution in [3.63, 3.8) is 0 Å². The van der Waals surface area contributed by atoms with Crippen LogP contribution in [0.5, 0.6) is 0 Å². The number of nitrogens with zero attached hydrogens (tertiary/aromatic N) is 2. The monoisotopic (exact) mass is 502 g/mol. The van der Waals surface area contributed by atoms with Gasteiger partial charge in [0.25, 0.3) is 5.91 Å². The SMILES string of the molecule is CC(C)CN(CC1CN(Cc2ccco2)CC1c1cccc(C(F)(F)F)c1)C(=O)c1ccc(F)cc1. The van der Waals surface area contributed by atoms with Crippen molar-refractivity contribution in [2.45, 2.75) is 32.5 Å². The smallest absolute Gasteiger partial charge is 0.416 e. The molecule has 1 fully saturated rings. The van der Waals surface area contributed by atoms with Crippen LogP contribution in [-0.2, 0) is 12.7 Å². The van der Waals surface area contributed by atoms with Crippen LogP contribution in [0.4, 0.5) is 17.6 Å². The lowest BCUT2D eigenvalue weighted by molar-refractivity contribution is -0.137. The number of hydrogen-bond acceptors (Lipinski definition) is 3. The molecule has 2 heterocycles. The first kappa shape index (κ1) is 25.9. The number of carbonyl (C=O) groups excluding carboxylic acids is 1. The van der Waals surface area contributed by atoms with Gasteiger partial charge in [-0.1, -0.05) is 32.0 Å². The Bertz CT molecular complexity index is 1140. The minimum absolute atomic E-state index is 0.0911. The molecule has 1 aliphatic rings. The molecule has 2 aromatic carbocycles. The summed E-state index contributed by atoms with van der Waals surface area (Å²) in [5.74, 6) is 0.0401. The molecule has 36 heavy (non-hydrogen) atoms. The highest BCUT2D eigenvalue weighted by molar-refractivity contribution is 5.94. The van der Waals surface area contributed by atoms with Crippen molar-refractivity contribution in [1.82, 2.24) is 9.80 Å². The van der Waals surface area contributed by atoms with Crippen LogP contribution < -0.4 is 0 Å². The van der Waals surface area contributed by atoms with Gasteiger partial charge in [-0.25, -0.2) is 4.39 Å². The summed E-state index contributed by atoms with van der Waals surface area (Å²) in [6.45, 7) is 6.57. The van der Waals surface area contributed by atoms with E-state index in [1.54, 1.807) is 23.3 Å². The predicted octanol–water partition coefficient (Wildman–Crippen LogP) is 6.45. The zero-order chi connectivity index (χ0) is 25.9. The molecule has 1 aromatic heterocycles. The maximum absolute atomic E-state index is 13.5. The van der Waals surface area contributed by atoms with Crippen LogP contribution in [0.3, 0.4) is 0 Å². The van der Waals surface area contributed by atoms with E-state index in [-0.39, 0.29) is 23.7 Å². The number of halogens is 4. The topological polar surface area (TPSA) is 36.7 Å². The number of carbonyl (C=O) groups is 1. The second-order valence-electron chi connectivity index (χ2n) is 9.87. The third-order valence-electron chi connectivity index (χ3n) is 6.54. The zero-order valence-corrected chi connectivity index (χ0v) is 20.3. The summed E-state index contributed by atoms with van der Waals surface area (Å²) in [7, 11) is 0. The maximum atomic E-state index is 13.5. The predicted molar refractivity (Wildman–Crippen MR) is 129 cm³/mol. The van der Waals surface area contributed by atoms with Crippen LogP contribution in [0.1, 0.15) is 47.0 Å². The Balaban J connectivity index is 1.62. The molecule has 192 valence electrons. The van der Waals surface area contributed by atoms with Crippen LogP contribution in [-0.4, -0.2) is 41.9 Å². The van der Waals surface area contributed by atoms with Gasteiger partial charge in [0, 0.05) is 37.7 Å². The zero-order valence-electron chi connectivity index (χ0n) is 20.3. The van der Waals surface area contributed by atoms with Gasteiger partial charge in [-0.3, -0.25) is 9.69 Å². The van der Waals surface area contributed by atoms with Crippen LogP contribution >= 0.6 is 0 Å². The molecule has 4 rings (SSSR count). The van der Waals surface area contributed by atoms with E-state index in [9.17, 15) is 22.4 Å². The van der Waals surface area contributed by atoms with E-state index in [1.807, 2.05) is 19.9 Å². The third kappa shape index (κ3) is 6.35. The summed E-state index contributed by atoms with van der Waals surface area (Å²) in [6, 6.07) is 14.6. The van der Waals surface area contributed by atoms with Crippen molar-refractivity contribution in [2.75, 3.05) is 26.2 Å². The first-order valence-electron chi connectivity index (χ1n) is 12.1. The average molecular weight is 503 g/mol. The highest BCUT2D eigenvalue weighted by atomic mass is 19.4. The van der Waals surface area contributed by atoms with E-state index in [4.69, 9.17) is 4.42 Å². The molecule has 1 saturated heterocycles. The number of rotatable bonds is 8. The third-order valence-corrected chi connectivity index (χ3v) is 6.54. The Kier molecular flexibility index (Phi) is 7.83. The van der Waals surface area contributed by atoms with Gasteiger partial charge in [0.05, 0.1) is 18.4 Å². The molecular weight excluding hydrogens is 472 g/mol.